The molecule has 4 rings (SSSR count). The third kappa shape index (κ3) is 6.40. The molecule has 10 heteroatoms. The molecule has 0 bridgehead atoms. The lowest BCUT2D eigenvalue weighted by Crippen LogP contribution is -2.17. The third-order valence-electron chi connectivity index (χ3n) is 6.13. The van der Waals surface area contributed by atoms with Crippen LogP contribution in [0.5, 0.6) is 5.75 Å². The van der Waals surface area contributed by atoms with Crippen LogP contribution in [0.3, 0.4) is 0 Å². The lowest BCUT2D eigenvalue weighted by atomic mass is 10.0. The number of methoxy groups -OCH3 is 1. The SMILES string of the molecule is C=CCn1c(SCC(=O)Nc2scc(-c3ccccc3)c2C(=O)OC)nnc1C(C)Oc1cccc(C)c1C. The molecule has 0 radical (unpaired) electrons. The fourth-order valence-corrected chi connectivity index (χ4v) is 5.71. The number of aromatic nitrogens is 3. The Bertz CT molecular complexity index is 1480. The molecule has 1 unspecified atom stereocenters. The Morgan fingerprint density at radius 3 is 2.64 bits per heavy atom. The minimum atomic E-state index is -0.508. The van der Waals surface area contributed by atoms with Gasteiger partial charge in [0.15, 0.2) is 17.1 Å². The molecule has 0 fully saturated rings. The second-order valence-electron chi connectivity index (χ2n) is 8.75. The van der Waals surface area contributed by atoms with Gasteiger partial charge in [-0.15, -0.1) is 28.1 Å². The number of hydrogen-bond acceptors (Lipinski definition) is 8. The van der Waals surface area contributed by atoms with E-state index in [0.29, 0.717) is 33.7 Å². The van der Waals surface area contributed by atoms with Crippen LogP contribution in [0.15, 0.2) is 71.7 Å². The first-order chi connectivity index (χ1) is 18.8. The normalized spacial score (nSPS) is 11.6. The zero-order valence-corrected chi connectivity index (χ0v) is 23.9. The number of benzene rings is 2. The Kier molecular flexibility index (Phi) is 9.21. The van der Waals surface area contributed by atoms with Crippen molar-refractivity contribution in [1.82, 2.24) is 14.8 Å². The molecule has 0 aliphatic heterocycles. The number of ether oxygens (including phenoxy) is 2. The van der Waals surface area contributed by atoms with Gasteiger partial charge in [-0.1, -0.05) is 60.3 Å². The van der Waals surface area contributed by atoms with Crippen molar-refractivity contribution in [3.8, 4) is 16.9 Å². The van der Waals surface area contributed by atoms with Gasteiger partial charge in [0.25, 0.3) is 0 Å². The van der Waals surface area contributed by atoms with Gasteiger partial charge >= 0.3 is 5.97 Å². The highest BCUT2D eigenvalue weighted by Crippen LogP contribution is 2.36. The van der Waals surface area contributed by atoms with Gasteiger partial charge in [0.2, 0.25) is 5.91 Å². The maximum atomic E-state index is 12.9. The number of carbonyl (C=O) groups excluding carboxylic acids is 2. The number of nitrogens with zero attached hydrogens (tertiary/aromatic N) is 3. The van der Waals surface area contributed by atoms with Crippen LogP contribution in [0.1, 0.15) is 40.3 Å². The average molecular weight is 563 g/mol. The van der Waals surface area contributed by atoms with Crippen LogP contribution in [-0.2, 0) is 16.1 Å². The predicted molar refractivity (Wildman–Crippen MR) is 156 cm³/mol. The third-order valence-corrected chi connectivity index (χ3v) is 7.99. The van der Waals surface area contributed by atoms with Crippen LogP contribution in [-0.4, -0.2) is 39.5 Å². The van der Waals surface area contributed by atoms with Crippen molar-refractivity contribution in [3.05, 3.63) is 89.1 Å². The minimum absolute atomic E-state index is 0.0701. The van der Waals surface area contributed by atoms with Crippen LogP contribution in [0.25, 0.3) is 11.1 Å². The van der Waals surface area contributed by atoms with E-state index in [4.69, 9.17) is 9.47 Å². The number of anilines is 1. The van der Waals surface area contributed by atoms with E-state index in [1.54, 1.807) is 6.08 Å². The van der Waals surface area contributed by atoms with Crippen LogP contribution in [0.4, 0.5) is 5.00 Å². The summed E-state index contributed by atoms with van der Waals surface area (Å²) in [5, 5.41) is 14.4. The number of esters is 1. The van der Waals surface area contributed by atoms with E-state index in [1.807, 2.05) is 79.2 Å². The quantitative estimate of drug-likeness (QED) is 0.127. The van der Waals surface area contributed by atoms with Gasteiger partial charge < -0.3 is 14.8 Å². The highest BCUT2D eigenvalue weighted by Gasteiger charge is 2.24. The summed E-state index contributed by atoms with van der Waals surface area (Å²) in [4.78, 5) is 25.5. The van der Waals surface area contributed by atoms with Crippen molar-refractivity contribution in [1.29, 1.82) is 0 Å². The summed E-state index contributed by atoms with van der Waals surface area (Å²) >= 11 is 2.53. The Morgan fingerprint density at radius 1 is 1.15 bits per heavy atom. The summed E-state index contributed by atoms with van der Waals surface area (Å²) in [7, 11) is 1.32. The van der Waals surface area contributed by atoms with Crippen molar-refractivity contribution in [2.45, 2.75) is 38.6 Å². The molecule has 0 saturated heterocycles. The Hall–Kier alpha value is -3.89. The average Bonchev–Trinajstić information content (AvgIpc) is 3.54. The van der Waals surface area contributed by atoms with Crippen LogP contribution in [0.2, 0.25) is 0 Å². The highest BCUT2D eigenvalue weighted by molar-refractivity contribution is 7.99. The summed E-state index contributed by atoms with van der Waals surface area (Å²) in [6.45, 7) is 10.3. The fraction of sp³-hybridized carbons (Fsp3) is 0.241. The van der Waals surface area contributed by atoms with Crippen LogP contribution >= 0.6 is 23.1 Å². The lowest BCUT2D eigenvalue weighted by Gasteiger charge is -2.18. The Labute approximate surface area is 236 Å². The fourth-order valence-electron chi connectivity index (χ4n) is 3.98. The molecule has 202 valence electrons. The molecule has 39 heavy (non-hydrogen) atoms. The maximum Gasteiger partial charge on any atom is 0.341 e. The molecular formula is C29H30N4O4S2. The van der Waals surface area contributed by atoms with E-state index >= 15 is 0 Å². The molecule has 2 aromatic carbocycles. The van der Waals surface area contributed by atoms with Gasteiger partial charge in [0.1, 0.15) is 16.3 Å². The van der Waals surface area contributed by atoms with Gasteiger partial charge in [-0.2, -0.15) is 0 Å². The maximum absolute atomic E-state index is 12.9. The summed E-state index contributed by atoms with van der Waals surface area (Å²) in [6.07, 6.45) is 1.38. The van der Waals surface area contributed by atoms with Gasteiger partial charge in [-0.25, -0.2) is 4.79 Å². The zero-order valence-electron chi connectivity index (χ0n) is 22.3. The number of allylic oxidation sites excluding steroid dienone is 1. The van der Waals surface area contributed by atoms with E-state index in [0.717, 1.165) is 22.4 Å². The Balaban J connectivity index is 1.48. The smallest absolute Gasteiger partial charge is 0.341 e. The van der Waals surface area contributed by atoms with Gasteiger partial charge in [-0.3, -0.25) is 9.36 Å². The zero-order chi connectivity index (χ0) is 27.9. The van der Waals surface area contributed by atoms with Crippen molar-refractivity contribution in [2.24, 2.45) is 0 Å². The second kappa shape index (κ2) is 12.8. The van der Waals surface area contributed by atoms with Gasteiger partial charge in [0, 0.05) is 17.5 Å². The number of nitrogens with one attached hydrogen (secondary N) is 1. The first-order valence-corrected chi connectivity index (χ1v) is 14.1. The first kappa shape index (κ1) is 28.1. The van der Waals surface area contributed by atoms with E-state index < -0.39 is 5.97 Å². The van der Waals surface area contributed by atoms with Crippen molar-refractivity contribution >= 4 is 40.0 Å². The second-order valence-corrected chi connectivity index (χ2v) is 10.6. The topological polar surface area (TPSA) is 95.3 Å². The standard InChI is InChI=1S/C29H30N4O4S2/c1-6-15-33-26(20(4)37-23-14-10-11-18(2)19(23)3)31-32-29(33)39-17-24(34)30-27-25(28(35)36-5)22(16-38-27)21-12-8-7-9-13-21/h6-14,16,20H,1,15,17H2,2-5H3,(H,30,34). The summed E-state index contributed by atoms with van der Waals surface area (Å²) in [5.41, 5.74) is 4.13. The first-order valence-electron chi connectivity index (χ1n) is 12.3. The van der Waals surface area contributed by atoms with E-state index in [1.165, 1.54) is 30.2 Å². The molecule has 4 aromatic rings. The highest BCUT2D eigenvalue weighted by atomic mass is 32.2. The monoisotopic (exact) mass is 562 g/mol. The van der Waals surface area contributed by atoms with Crippen molar-refractivity contribution < 1.29 is 19.1 Å². The molecule has 1 atom stereocenters. The molecule has 2 aromatic heterocycles. The molecule has 0 aliphatic carbocycles. The van der Waals surface area contributed by atoms with Crippen LogP contribution < -0.4 is 10.1 Å². The number of aryl methyl sites for hydroxylation is 1. The molecule has 8 nitrogen and oxygen atoms in total. The van der Waals surface area contributed by atoms with E-state index in [2.05, 4.69) is 22.1 Å². The van der Waals surface area contributed by atoms with Crippen molar-refractivity contribution in [3.63, 3.8) is 0 Å². The van der Waals surface area contributed by atoms with Crippen LogP contribution in [0, 0.1) is 13.8 Å². The summed E-state index contributed by atoms with van der Waals surface area (Å²) in [5.74, 6) is 0.710. The lowest BCUT2D eigenvalue weighted by molar-refractivity contribution is -0.113. The number of carbonyl (C=O) groups is 2. The molecule has 1 amide bonds. The number of rotatable bonds is 11. The predicted octanol–water partition coefficient (Wildman–Crippen LogP) is 6.47. The molecule has 2 heterocycles. The Morgan fingerprint density at radius 2 is 1.92 bits per heavy atom. The number of thioether (sulfide) groups is 1. The molecule has 0 saturated carbocycles. The number of amides is 1. The summed E-state index contributed by atoms with van der Waals surface area (Å²) < 4.78 is 13.1. The molecule has 0 aliphatic rings. The van der Waals surface area contributed by atoms with Crippen molar-refractivity contribution in [2.75, 3.05) is 18.2 Å². The molecule has 1 N–H and O–H groups in total. The molecular weight excluding hydrogens is 532 g/mol. The van der Waals surface area contributed by atoms with E-state index in [9.17, 15) is 9.59 Å². The van der Waals surface area contributed by atoms with Gasteiger partial charge in [-0.05, 0) is 43.5 Å². The number of hydrogen-bond donors (Lipinski definition) is 1. The van der Waals surface area contributed by atoms with E-state index in [-0.39, 0.29) is 17.8 Å². The molecule has 0 spiro atoms. The van der Waals surface area contributed by atoms with Gasteiger partial charge in [0.05, 0.1) is 12.9 Å². The summed E-state index contributed by atoms with van der Waals surface area (Å²) in [6, 6.07) is 15.4. The largest absolute Gasteiger partial charge is 0.482 e. The number of thiophene rings is 1. The minimum Gasteiger partial charge on any atom is -0.482 e.